The van der Waals surface area contributed by atoms with Gasteiger partial charge in [0, 0.05) is 29.9 Å². The number of benzene rings is 2. The molecule has 0 fully saturated rings. The monoisotopic (exact) mass is 600 g/mol. The summed E-state index contributed by atoms with van der Waals surface area (Å²) in [6, 6.07) is 9.06. The van der Waals surface area contributed by atoms with Crippen LogP contribution in [0, 0.1) is 11.6 Å². The lowest BCUT2D eigenvalue weighted by molar-refractivity contribution is -0.222. The smallest absolute Gasteiger partial charge is 0.422 e. The summed E-state index contributed by atoms with van der Waals surface area (Å²) in [7, 11) is 0. The molecule has 224 valence electrons. The Morgan fingerprint density at radius 1 is 0.976 bits per heavy atom. The number of pyridine rings is 1. The van der Waals surface area contributed by atoms with Gasteiger partial charge >= 0.3 is 18.1 Å². The van der Waals surface area contributed by atoms with E-state index in [2.05, 4.69) is 25.1 Å². The van der Waals surface area contributed by atoms with Crippen molar-refractivity contribution < 1.29 is 45.0 Å². The number of nitrogens with two attached hydrogens (primary N) is 2. The first-order chi connectivity index (χ1) is 19.8. The summed E-state index contributed by atoms with van der Waals surface area (Å²) < 4.78 is 109. The topological polar surface area (TPSA) is 138 Å². The van der Waals surface area contributed by atoms with Crippen molar-refractivity contribution in [1.29, 1.82) is 0 Å². The molecule has 0 aliphatic rings. The zero-order valence-corrected chi connectivity index (χ0v) is 21.5. The van der Waals surface area contributed by atoms with E-state index in [1.165, 1.54) is 30.3 Å². The van der Waals surface area contributed by atoms with E-state index in [-0.39, 0.29) is 17.9 Å². The Kier molecular flexibility index (Phi) is 10.2. The van der Waals surface area contributed by atoms with E-state index >= 15 is 13.2 Å². The molecule has 0 saturated carbocycles. The summed E-state index contributed by atoms with van der Waals surface area (Å²) in [6.45, 7) is -2.91. The summed E-state index contributed by atoms with van der Waals surface area (Å²) in [6.07, 6.45) is -3.37. The molecule has 0 spiro atoms. The highest BCUT2D eigenvalue weighted by Crippen LogP contribution is 2.49. The zero-order chi connectivity index (χ0) is 31.0. The third-order valence-corrected chi connectivity index (χ3v) is 5.70. The molecule has 2 aromatic carbocycles. The molecule has 3 aromatic rings. The van der Waals surface area contributed by atoms with Crippen LogP contribution >= 0.6 is 0 Å². The molecule has 3 rings (SSSR count). The van der Waals surface area contributed by atoms with Crippen LogP contribution in [0.25, 0.3) is 11.1 Å². The predicted octanol–water partition coefficient (Wildman–Crippen LogP) is 5.20. The highest BCUT2D eigenvalue weighted by Gasteiger charge is 2.61. The third-order valence-electron chi connectivity index (χ3n) is 5.70. The number of halogens is 7. The van der Waals surface area contributed by atoms with Crippen molar-refractivity contribution in [2.24, 2.45) is 26.9 Å². The number of esters is 1. The number of carbonyl (C=O) groups is 1. The number of aromatic nitrogens is 1. The normalized spacial score (nSPS) is 13.8. The lowest BCUT2D eigenvalue weighted by Crippen LogP contribution is -2.50. The van der Waals surface area contributed by atoms with Crippen molar-refractivity contribution in [3.8, 4) is 16.9 Å². The van der Waals surface area contributed by atoms with Crippen LogP contribution in [0.5, 0.6) is 5.75 Å². The van der Waals surface area contributed by atoms with Crippen LogP contribution in [0.1, 0.15) is 17.7 Å². The highest BCUT2D eigenvalue weighted by atomic mass is 19.4. The van der Waals surface area contributed by atoms with Crippen molar-refractivity contribution in [2.45, 2.75) is 24.1 Å². The quantitative estimate of drug-likeness (QED) is 0.0558. The molecule has 0 bridgehead atoms. The fourth-order valence-electron chi connectivity index (χ4n) is 3.79. The molecule has 0 saturated heterocycles. The van der Waals surface area contributed by atoms with Crippen LogP contribution < -0.4 is 16.3 Å². The van der Waals surface area contributed by atoms with Crippen LogP contribution in [0.2, 0.25) is 0 Å². The first kappa shape index (κ1) is 31.9. The second kappa shape index (κ2) is 13.4. The Morgan fingerprint density at radius 3 is 2.24 bits per heavy atom. The Balaban J connectivity index is 2.06. The van der Waals surface area contributed by atoms with Gasteiger partial charge in [-0.1, -0.05) is 23.4 Å². The van der Waals surface area contributed by atoms with E-state index in [0.29, 0.717) is 30.1 Å². The van der Waals surface area contributed by atoms with Crippen molar-refractivity contribution >= 4 is 12.3 Å². The van der Waals surface area contributed by atoms with Gasteiger partial charge in [0.15, 0.2) is 6.61 Å². The number of rotatable bonds is 12. The van der Waals surface area contributed by atoms with E-state index in [1.807, 2.05) is 0 Å². The maximum atomic E-state index is 16.4. The summed E-state index contributed by atoms with van der Waals surface area (Å²) in [5.41, 5.74) is 0.914. The molecule has 42 heavy (non-hydrogen) atoms. The summed E-state index contributed by atoms with van der Waals surface area (Å²) in [4.78, 5) is 20.0. The Morgan fingerprint density at radius 2 is 1.67 bits per heavy atom. The Labute approximate surface area is 234 Å². The number of nitrogens with zero attached hydrogens (tertiary/aromatic N) is 4. The fourth-order valence-corrected chi connectivity index (χ4v) is 3.79. The molecule has 16 heteroatoms. The zero-order valence-electron chi connectivity index (χ0n) is 21.5. The first-order valence-corrected chi connectivity index (χ1v) is 11.9. The number of hydrogen-bond donors (Lipinski definition) is 2. The molecule has 1 aromatic heterocycles. The van der Waals surface area contributed by atoms with E-state index < -0.39 is 66.1 Å². The largest absolute Gasteiger partial charge is 0.484 e. The molecular weight excluding hydrogens is 577 g/mol. The van der Waals surface area contributed by atoms with Gasteiger partial charge in [-0.15, -0.1) is 5.11 Å². The molecule has 0 aliphatic carbocycles. The number of alkyl halides is 5. The van der Waals surface area contributed by atoms with Crippen molar-refractivity contribution in [2.75, 3.05) is 19.7 Å². The SMILES string of the molecule is NCCC(=O)OC(CN=CN=NN)(c1ccc(F)cc1F)C(F)(F)c1ccc(-c2ccc(OCC(F)(F)F)cc2)cn1. The second-order valence-electron chi connectivity index (χ2n) is 8.59. The number of aliphatic imine (C=N–C) groups is 1. The van der Waals surface area contributed by atoms with Crippen molar-refractivity contribution in [3.63, 3.8) is 0 Å². The molecule has 1 heterocycles. The molecule has 0 amide bonds. The predicted molar refractivity (Wildman–Crippen MR) is 135 cm³/mol. The lowest BCUT2D eigenvalue weighted by atomic mass is 9.84. The summed E-state index contributed by atoms with van der Waals surface area (Å²) in [5, 5.41) is 6.12. The standard InChI is InChI=1S/C26H23F7N6O3/c27-18-4-7-20(21(28)11-18)24(13-36-15-38-39-35,42-23(40)9-10-34)26(32,33)22-8-3-17(12-37-22)16-1-5-19(6-2-16)41-14-25(29,30)31/h1-8,11-12,15H,9-10,13-14,34H2,(H2,35,36,38). The molecular formula is C26H23F7N6O3. The number of carbonyl (C=O) groups excluding carboxylic acids is 1. The minimum atomic E-state index is -4.53. The third kappa shape index (κ3) is 7.57. The molecule has 4 N–H and O–H groups in total. The van der Waals surface area contributed by atoms with Gasteiger partial charge in [-0.3, -0.25) is 14.8 Å². The van der Waals surface area contributed by atoms with E-state index in [1.54, 1.807) is 0 Å². The van der Waals surface area contributed by atoms with Gasteiger partial charge < -0.3 is 21.1 Å². The van der Waals surface area contributed by atoms with E-state index in [0.717, 1.165) is 12.3 Å². The van der Waals surface area contributed by atoms with E-state index in [9.17, 15) is 22.4 Å². The maximum absolute atomic E-state index is 16.4. The van der Waals surface area contributed by atoms with Gasteiger partial charge in [0.25, 0.3) is 0 Å². The minimum Gasteiger partial charge on any atom is -0.484 e. The van der Waals surface area contributed by atoms with Crippen LogP contribution in [0.3, 0.4) is 0 Å². The van der Waals surface area contributed by atoms with E-state index in [4.69, 9.17) is 16.3 Å². The molecule has 0 radical (unpaired) electrons. The average molecular weight is 600 g/mol. The Hall–Kier alpha value is -4.60. The summed E-state index contributed by atoms with van der Waals surface area (Å²) in [5.74, 6) is -3.28. The van der Waals surface area contributed by atoms with Crippen molar-refractivity contribution in [3.05, 3.63) is 83.7 Å². The van der Waals surface area contributed by atoms with Gasteiger partial charge in [0.2, 0.25) is 5.60 Å². The van der Waals surface area contributed by atoms with Crippen LogP contribution in [-0.4, -0.2) is 43.2 Å². The highest BCUT2D eigenvalue weighted by molar-refractivity contribution is 5.71. The average Bonchev–Trinajstić information content (AvgIpc) is 2.94. The number of ether oxygens (including phenoxy) is 2. The minimum absolute atomic E-state index is 0.0766. The fraction of sp³-hybridized carbons (Fsp3) is 0.269. The molecule has 0 aliphatic heterocycles. The van der Waals surface area contributed by atoms with Gasteiger partial charge in [-0.25, -0.2) is 8.78 Å². The lowest BCUT2D eigenvalue weighted by Gasteiger charge is -2.38. The van der Waals surface area contributed by atoms with Gasteiger partial charge in [0.05, 0.1) is 13.0 Å². The van der Waals surface area contributed by atoms with Crippen molar-refractivity contribution in [1.82, 2.24) is 4.98 Å². The Bertz CT molecular complexity index is 1420. The maximum Gasteiger partial charge on any atom is 0.422 e. The molecule has 1 atom stereocenters. The molecule has 1 unspecified atom stereocenters. The summed E-state index contributed by atoms with van der Waals surface area (Å²) >= 11 is 0. The van der Waals surface area contributed by atoms with Gasteiger partial charge in [-0.05, 0) is 35.9 Å². The van der Waals surface area contributed by atoms with Crippen LogP contribution in [0.4, 0.5) is 30.7 Å². The number of hydrogen-bond acceptors (Lipinski definition) is 7. The van der Waals surface area contributed by atoms with Crippen LogP contribution in [-0.2, 0) is 21.1 Å². The second-order valence-corrected chi connectivity index (χ2v) is 8.59. The first-order valence-electron chi connectivity index (χ1n) is 11.9. The van der Waals surface area contributed by atoms with Gasteiger partial charge in [-0.2, -0.15) is 22.0 Å². The molecule has 9 nitrogen and oxygen atoms in total. The van der Waals surface area contributed by atoms with Crippen LogP contribution in [0.15, 0.2) is 76.1 Å². The van der Waals surface area contributed by atoms with Gasteiger partial charge in [0.1, 0.15) is 29.4 Å².